The molecule has 0 aliphatic rings. The van der Waals surface area contributed by atoms with Crippen molar-refractivity contribution in [2.75, 3.05) is 0 Å². The predicted octanol–water partition coefficient (Wildman–Crippen LogP) is 10.4. The summed E-state index contributed by atoms with van der Waals surface area (Å²) in [7, 11) is 0. The Morgan fingerprint density at radius 1 is 0.500 bits per heavy atom. The maximum absolute atomic E-state index is 6.59. The summed E-state index contributed by atoms with van der Waals surface area (Å²) in [5.74, 6) is 0. The van der Waals surface area contributed by atoms with Gasteiger partial charge in [0.15, 0.2) is 5.58 Å². The van der Waals surface area contributed by atoms with E-state index in [1.807, 2.05) is 0 Å². The van der Waals surface area contributed by atoms with Crippen LogP contribution in [-0.4, -0.2) is 14.1 Å². The quantitative estimate of drug-likeness (QED) is 0.213. The first-order valence-electron chi connectivity index (χ1n) is 14.1. The van der Waals surface area contributed by atoms with Gasteiger partial charge in [0.05, 0.1) is 22.1 Å². The maximum Gasteiger partial charge on any atom is 0.307 e. The Balaban J connectivity index is 1.37. The minimum atomic E-state index is 0.584. The highest BCUT2D eigenvalue weighted by Crippen LogP contribution is 2.43. The smallest absolute Gasteiger partial charge is 0.307 e. The zero-order valence-corrected chi connectivity index (χ0v) is 23.1. The summed E-state index contributed by atoms with van der Waals surface area (Å²) in [6, 6.07) is 45.7. The van der Waals surface area contributed by atoms with Crippen LogP contribution >= 0.6 is 11.3 Å². The first kappa shape index (κ1) is 22.3. The molecule has 0 atom stereocenters. The van der Waals surface area contributed by atoms with E-state index in [9.17, 15) is 0 Å². The Kier molecular flexibility index (Phi) is 4.30. The Labute approximate surface area is 243 Å². The van der Waals surface area contributed by atoms with E-state index in [0.717, 1.165) is 33.2 Å². The van der Waals surface area contributed by atoms with Crippen LogP contribution in [0.3, 0.4) is 0 Å². The van der Waals surface area contributed by atoms with Gasteiger partial charge in [-0.1, -0.05) is 78.9 Å². The lowest BCUT2D eigenvalue weighted by atomic mass is 10.1. The van der Waals surface area contributed by atoms with Gasteiger partial charge in [0, 0.05) is 47.4 Å². The molecule has 0 bridgehead atoms. The van der Waals surface area contributed by atoms with Crippen molar-refractivity contribution in [3.63, 3.8) is 0 Å². The summed E-state index contributed by atoms with van der Waals surface area (Å²) in [6.07, 6.45) is 0. The minimum absolute atomic E-state index is 0.584. The molecular formula is C37H21N3OS. The van der Waals surface area contributed by atoms with Gasteiger partial charge in [-0.25, -0.2) is 0 Å². The Bertz CT molecular complexity index is 2690. The van der Waals surface area contributed by atoms with Crippen LogP contribution in [0.4, 0.5) is 0 Å². The molecule has 4 heterocycles. The predicted molar refractivity (Wildman–Crippen MR) is 176 cm³/mol. The summed E-state index contributed by atoms with van der Waals surface area (Å²) in [4.78, 5) is 5.21. The number of fused-ring (bicyclic) bond motifs is 12. The molecule has 0 radical (unpaired) electrons. The Hall–Kier alpha value is -5.39. The van der Waals surface area contributed by atoms with E-state index < -0.39 is 0 Å². The van der Waals surface area contributed by atoms with E-state index >= 15 is 0 Å². The standard InChI is InChI=1S/C37H21N3OS/c1-2-10-22(11-3-1)39-27-15-7-4-12-23(27)24-18-19-29-33(36(24)39)25-13-5-8-16-28(25)40(29)37-38-35-30(41-37)20-21-32-34(35)26-14-6-9-17-31(26)42-32/h1-21H. The second kappa shape index (κ2) is 8.09. The number of oxazole rings is 1. The highest BCUT2D eigenvalue weighted by Gasteiger charge is 2.23. The molecule has 5 heteroatoms. The first-order chi connectivity index (χ1) is 20.8. The molecule has 0 unspecified atom stereocenters. The van der Waals surface area contributed by atoms with E-state index in [1.54, 1.807) is 11.3 Å². The molecular weight excluding hydrogens is 534 g/mol. The zero-order valence-electron chi connectivity index (χ0n) is 22.3. The molecule has 196 valence electrons. The molecule has 0 saturated carbocycles. The van der Waals surface area contributed by atoms with Crippen molar-refractivity contribution in [1.82, 2.24) is 14.1 Å². The summed E-state index contributed by atoms with van der Waals surface area (Å²) < 4.78 is 13.7. The van der Waals surface area contributed by atoms with Gasteiger partial charge in [-0.15, -0.1) is 11.3 Å². The molecule has 0 aliphatic heterocycles. The summed E-state index contributed by atoms with van der Waals surface area (Å²) >= 11 is 1.80. The summed E-state index contributed by atoms with van der Waals surface area (Å²) in [6.45, 7) is 0. The van der Waals surface area contributed by atoms with Gasteiger partial charge in [0.1, 0.15) is 5.52 Å². The fourth-order valence-corrected chi connectivity index (χ4v) is 7.95. The highest BCUT2D eigenvalue weighted by atomic mass is 32.1. The number of nitrogens with zero attached hydrogens (tertiary/aromatic N) is 3. The fourth-order valence-electron chi connectivity index (χ4n) is 6.85. The van der Waals surface area contributed by atoms with Gasteiger partial charge in [-0.3, -0.25) is 4.57 Å². The normalized spacial score (nSPS) is 12.3. The third kappa shape index (κ3) is 2.83. The van der Waals surface area contributed by atoms with Gasteiger partial charge < -0.3 is 8.98 Å². The average molecular weight is 556 g/mol. The SMILES string of the molecule is c1ccc(-n2c3ccccc3c3ccc4c(c5ccccc5n4-c4nc5c(ccc6sc7ccccc7c65)o4)c32)cc1. The summed E-state index contributed by atoms with van der Waals surface area (Å²) in [5.41, 5.74) is 7.37. The maximum atomic E-state index is 6.59. The van der Waals surface area contributed by atoms with Crippen molar-refractivity contribution in [3.05, 3.63) is 127 Å². The lowest BCUT2D eigenvalue weighted by molar-refractivity contribution is 0.574. The van der Waals surface area contributed by atoms with Crippen molar-refractivity contribution in [1.29, 1.82) is 0 Å². The minimum Gasteiger partial charge on any atom is -0.423 e. The molecule has 42 heavy (non-hydrogen) atoms. The van der Waals surface area contributed by atoms with Crippen molar-refractivity contribution in [2.45, 2.75) is 0 Å². The van der Waals surface area contributed by atoms with E-state index in [1.165, 1.54) is 47.4 Å². The average Bonchev–Trinajstić information content (AvgIpc) is 3.79. The Morgan fingerprint density at radius 3 is 2.07 bits per heavy atom. The third-order valence-electron chi connectivity index (χ3n) is 8.56. The third-order valence-corrected chi connectivity index (χ3v) is 9.70. The zero-order chi connectivity index (χ0) is 27.4. The molecule has 0 fully saturated rings. The molecule has 10 rings (SSSR count). The molecule has 4 nitrogen and oxygen atoms in total. The number of aromatic nitrogens is 3. The molecule has 0 aliphatic carbocycles. The van der Waals surface area contributed by atoms with Crippen LogP contribution in [0.2, 0.25) is 0 Å². The lowest BCUT2D eigenvalue weighted by Crippen LogP contribution is -1.95. The highest BCUT2D eigenvalue weighted by molar-refractivity contribution is 7.26. The van der Waals surface area contributed by atoms with Crippen molar-refractivity contribution in [3.8, 4) is 11.7 Å². The van der Waals surface area contributed by atoms with E-state index in [2.05, 4.69) is 137 Å². The van der Waals surface area contributed by atoms with Crippen LogP contribution in [0.1, 0.15) is 0 Å². The molecule has 0 spiro atoms. The van der Waals surface area contributed by atoms with Gasteiger partial charge in [0.25, 0.3) is 0 Å². The van der Waals surface area contributed by atoms with Gasteiger partial charge in [-0.2, -0.15) is 4.98 Å². The molecule has 4 aromatic heterocycles. The molecule has 6 aromatic carbocycles. The number of benzene rings is 6. The van der Waals surface area contributed by atoms with Crippen LogP contribution in [0.15, 0.2) is 132 Å². The van der Waals surface area contributed by atoms with Crippen molar-refractivity contribution in [2.24, 2.45) is 0 Å². The van der Waals surface area contributed by atoms with Crippen molar-refractivity contribution < 1.29 is 4.42 Å². The van der Waals surface area contributed by atoms with Crippen LogP contribution in [0, 0.1) is 0 Å². The van der Waals surface area contributed by atoms with Crippen LogP contribution < -0.4 is 0 Å². The van der Waals surface area contributed by atoms with Crippen LogP contribution in [0.5, 0.6) is 0 Å². The monoisotopic (exact) mass is 555 g/mol. The van der Waals surface area contributed by atoms with Crippen LogP contribution in [-0.2, 0) is 0 Å². The van der Waals surface area contributed by atoms with Crippen molar-refractivity contribution >= 4 is 86.2 Å². The second-order valence-electron chi connectivity index (χ2n) is 10.8. The van der Waals surface area contributed by atoms with E-state index in [4.69, 9.17) is 9.40 Å². The van der Waals surface area contributed by atoms with Gasteiger partial charge >= 0.3 is 6.01 Å². The summed E-state index contributed by atoms with van der Waals surface area (Å²) in [5, 5.41) is 7.22. The molecule has 0 saturated heterocycles. The fraction of sp³-hybridized carbons (Fsp3) is 0. The Morgan fingerprint density at radius 2 is 1.21 bits per heavy atom. The van der Waals surface area contributed by atoms with E-state index in [-0.39, 0.29) is 0 Å². The van der Waals surface area contributed by atoms with Gasteiger partial charge in [0.2, 0.25) is 0 Å². The lowest BCUT2D eigenvalue weighted by Gasteiger charge is -2.09. The number of hydrogen-bond donors (Lipinski definition) is 0. The second-order valence-corrected chi connectivity index (χ2v) is 11.9. The molecule has 0 amide bonds. The number of hydrogen-bond acceptors (Lipinski definition) is 3. The molecule has 10 aromatic rings. The van der Waals surface area contributed by atoms with E-state index in [0.29, 0.717) is 6.01 Å². The number of para-hydroxylation sites is 3. The largest absolute Gasteiger partial charge is 0.423 e. The topological polar surface area (TPSA) is 35.9 Å². The number of thiophene rings is 1. The first-order valence-corrected chi connectivity index (χ1v) is 14.9. The van der Waals surface area contributed by atoms with Gasteiger partial charge in [-0.05, 0) is 48.5 Å². The van der Waals surface area contributed by atoms with Crippen LogP contribution in [0.25, 0.3) is 86.6 Å². The number of rotatable bonds is 2. The molecule has 0 N–H and O–H groups in total.